The zero-order chi connectivity index (χ0) is 17.9. The lowest BCUT2D eigenvalue weighted by Gasteiger charge is -2.38. The van der Waals surface area contributed by atoms with E-state index in [1.807, 2.05) is 11.0 Å². The summed E-state index contributed by atoms with van der Waals surface area (Å²) in [4.78, 5) is 19.5. The summed E-state index contributed by atoms with van der Waals surface area (Å²) in [5, 5.41) is 0. The number of amides is 1. The van der Waals surface area contributed by atoms with Crippen LogP contribution in [0.5, 0.6) is 0 Å². The maximum atomic E-state index is 12.9. The van der Waals surface area contributed by atoms with Gasteiger partial charge in [-0.25, -0.2) is 0 Å². The van der Waals surface area contributed by atoms with Crippen molar-refractivity contribution >= 4 is 17.3 Å². The van der Waals surface area contributed by atoms with Gasteiger partial charge in [-0.3, -0.25) is 4.79 Å². The fourth-order valence-corrected chi connectivity index (χ4v) is 4.08. The van der Waals surface area contributed by atoms with Crippen molar-refractivity contribution in [1.82, 2.24) is 4.90 Å². The Labute approximate surface area is 156 Å². The van der Waals surface area contributed by atoms with Crippen molar-refractivity contribution in [3.63, 3.8) is 0 Å². The molecule has 0 atom stereocenters. The number of rotatable bonds is 3. The highest BCUT2D eigenvalue weighted by Crippen LogP contribution is 2.28. The van der Waals surface area contributed by atoms with Gasteiger partial charge in [-0.2, -0.15) is 0 Å². The van der Waals surface area contributed by atoms with Gasteiger partial charge >= 0.3 is 0 Å². The largest absolute Gasteiger partial charge is 0.368 e. The topological polar surface area (TPSA) is 26.8 Å². The highest BCUT2D eigenvalue weighted by Gasteiger charge is 2.25. The van der Waals surface area contributed by atoms with Crippen LogP contribution in [0.3, 0.4) is 0 Å². The third kappa shape index (κ3) is 3.55. The first-order chi connectivity index (χ1) is 12.7. The Morgan fingerprint density at radius 3 is 2.50 bits per heavy atom. The number of anilines is 2. The Kier molecular flexibility index (Phi) is 4.83. The van der Waals surface area contributed by atoms with Crippen molar-refractivity contribution in [3.8, 4) is 0 Å². The van der Waals surface area contributed by atoms with Crippen LogP contribution in [-0.4, -0.2) is 50.1 Å². The summed E-state index contributed by atoms with van der Waals surface area (Å²) < 4.78 is 0. The van der Waals surface area contributed by atoms with Crippen molar-refractivity contribution in [2.24, 2.45) is 0 Å². The molecule has 0 aromatic heterocycles. The zero-order valence-corrected chi connectivity index (χ0v) is 15.5. The lowest BCUT2D eigenvalue weighted by Crippen LogP contribution is -2.51. The molecule has 1 fully saturated rings. The Balaban J connectivity index is 1.37. The predicted molar refractivity (Wildman–Crippen MR) is 107 cm³/mol. The monoisotopic (exact) mass is 349 g/mol. The van der Waals surface area contributed by atoms with E-state index in [4.69, 9.17) is 0 Å². The second kappa shape index (κ2) is 7.40. The smallest absolute Gasteiger partial charge is 0.242 e. The summed E-state index contributed by atoms with van der Waals surface area (Å²) in [5.41, 5.74) is 5.19. The SMILES string of the molecule is Cc1ccc2c(c1)CCCN2CC(=O)N1CCN(c2ccccc2)CC1. The molecule has 2 aromatic carbocycles. The van der Waals surface area contributed by atoms with E-state index < -0.39 is 0 Å². The van der Waals surface area contributed by atoms with Crippen molar-refractivity contribution in [3.05, 3.63) is 59.7 Å². The summed E-state index contributed by atoms with van der Waals surface area (Å²) >= 11 is 0. The Morgan fingerprint density at radius 1 is 0.962 bits per heavy atom. The van der Waals surface area contributed by atoms with E-state index in [0.717, 1.165) is 45.6 Å². The quantitative estimate of drug-likeness (QED) is 0.852. The molecular weight excluding hydrogens is 322 g/mol. The van der Waals surface area contributed by atoms with Crippen LogP contribution in [0.4, 0.5) is 11.4 Å². The van der Waals surface area contributed by atoms with Gasteiger partial charge < -0.3 is 14.7 Å². The lowest BCUT2D eigenvalue weighted by molar-refractivity contribution is -0.130. The number of nitrogens with zero attached hydrogens (tertiary/aromatic N) is 3. The van der Waals surface area contributed by atoms with Crippen LogP contribution < -0.4 is 9.80 Å². The van der Waals surface area contributed by atoms with Crippen molar-refractivity contribution in [1.29, 1.82) is 0 Å². The average Bonchev–Trinajstić information content (AvgIpc) is 2.69. The summed E-state index contributed by atoms with van der Waals surface area (Å²) in [6.45, 7) is 7.05. The molecule has 0 spiro atoms. The number of para-hydroxylation sites is 1. The van der Waals surface area contributed by atoms with E-state index in [1.165, 1.54) is 22.5 Å². The number of carbonyl (C=O) groups excluding carboxylic acids is 1. The number of hydrogen-bond donors (Lipinski definition) is 0. The molecule has 0 N–H and O–H groups in total. The molecule has 2 aliphatic rings. The van der Waals surface area contributed by atoms with Crippen LogP contribution in [0, 0.1) is 6.92 Å². The second-order valence-corrected chi connectivity index (χ2v) is 7.36. The van der Waals surface area contributed by atoms with Crippen LogP contribution in [0.25, 0.3) is 0 Å². The number of carbonyl (C=O) groups is 1. The Bertz CT molecular complexity index is 766. The lowest BCUT2D eigenvalue weighted by atomic mass is 9.99. The zero-order valence-electron chi connectivity index (χ0n) is 15.5. The first-order valence-corrected chi connectivity index (χ1v) is 9.63. The van der Waals surface area contributed by atoms with Crippen LogP contribution in [-0.2, 0) is 11.2 Å². The molecule has 4 rings (SSSR count). The third-order valence-corrected chi connectivity index (χ3v) is 5.53. The normalized spacial score (nSPS) is 17.2. The second-order valence-electron chi connectivity index (χ2n) is 7.36. The third-order valence-electron chi connectivity index (χ3n) is 5.53. The molecule has 0 radical (unpaired) electrons. The number of fused-ring (bicyclic) bond motifs is 1. The maximum absolute atomic E-state index is 12.9. The summed E-state index contributed by atoms with van der Waals surface area (Å²) in [6.07, 6.45) is 2.25. The van der Waals surface area contributed by atoms with Gasteiger partial charge in [0.05, 0.1) is 6.54 Å². The standard InChI is InChI=1S/C22H27N3O/c1-18-9-10-21-19(16-18)6-5-11-25(21)17-22(26)24-14-12-23(13-15-24)20-7-3-2-4-8-20/h2-4,7-10,16H,5-6,11-15,17H2,1H3. The van der Waals surface area contributed by atoms with E-state index in [-0.39, 0.29) is 5.91 Å². The molecule has 0 saturated carbocycles. The highest BCUT2D eigenvalue weighted by molar-refractivity contribution is 5.82. The van der Waals surface area contributed by atoms with Gasteiger partial charge in [-0.1, -0.05) is 35.9 Å². The Morgan fingerprint density at radius 2 is 1.73 bits per heavy atom. The highest BCUT2D eigenvalue weighted by atomic mass is 16.2. The first kappa shape index (κ1) is 17.0. The van der Waals surface area contributed by atoms with E-state index in [0.29, 0.717) is 6.54 Å². The van der Waals surface area contributed by atoms with Gasteiger partial charge in [0.1, 0.15) is 0 Å². The van der Waals surface area contributed by atoms with Crippen LogP contribution in [0.1, 0.15) is 17.5 Å². The summed E-state index contributed by atoms with van der Waals surface area (Å²) in [7, 11) is 0. The molecule has 2 aromatic rings. The fourth-order valence-electron chi connectivity index (χ4n) is 4.08. The number of benzene rings is 2. The molecule has 4 heteroatoms. The molecule has 2 heterocycles. The minimum Gasteiger partial charge on any atom is -0.368 e. The first-order valence-electron chi connectivity index (χ1n) is 9.63. The molecule has 0 bridgehead atoms. The van der Waals surface area contributed by atoms with Gasteiger partial charge in [0.15, 0.2) is 0 Å². The van der Waals surface area contributed by atoms with Gasteiger partial charge in [0, 0.05) is 44.1 Å². The van der Waals surface area contributed by atoms with E-state index in [9.17, 15) is 4.79 Å². The molecule has 1 amide bonds. The summed E-state index contributed by atoms with van der Waals surface area (Å²) in [5.74, 6) is 0.256. The van der Waals surface area contributed by atoms with Gasteiger partial charge in [-0.05, 0) is 43.5 Å². The minimum atomic E-state index is 0.256. The number of piperazine rings is 1. The van der Waals surface area contributed by atoms with Gasteiger partial charge in [-0.15, -0.1) is 0 Å². The van der Waals surface area contributed by atoms with E-state index >= 15 is 0 Å². The molecule has 136 valence electrons. The average molecular weight is 349 g/mol. The molecular formula is C22H27N3O. The van der Waals surface area contributed by atoms with Gasteiger partial charge in [0.2, 0.25) is 5.91 Å². The molecule has 4 nitrogen and oxygen atoms in total. The predicted octanol–water partition coefficient (Wildman–Crippen LogP) is 3.10. The molecule has 1 saturated heterocycles. The minimum absolute atomic E-state index is 0.256. The van der Waals surface area contributed by atoms with Crippen molar-refractivity contribution in [2.45, 2.75) is 19.8 Å². The summed E-state index contributed by atoms with van der Waals surface area (Å²) in [6, 6.07) is 17.1. The molecule has 0 unspecified atom stereocenters. The number of hydrogen-bond acceptors (Lipinski definition) is 3. The molecule has 26 heavy (non-hydrogen) atoms. The fraction of sp³-hybridized carbons (Fsp3) is 0.409. The van der Waals surface area contributed by atoms with Crippen molar-refractivity contribution in [2.75, 3.05) is 49.1 Å². The van der Waals surface area contributed by atoms with E-state index in [1.54, 1.807) is 0 Å². The van der Waals surface area contributed by atoms with Crippen LogP contribution in [0.2, 0.25) is 0 Å². The Hall–Kier alpha value is -2.49. The number of aryl methyl sites for hydroxylation is 2. The van der Waals surface area contributed by atoms with Crippen molar-refractivity contribution < 1.29 is 4.79 Å². The molecule has 0 aliphatic carbocycles. The van der Waals surface area contributed by atoms with Gasteiger partial charge in [0.25, 0.3) is 0 Å². The maximum Gasteiger partial charge on any atom is 0.242 e. The van der Waals surface area contributed by atoms with E-state index in [2.05, 4.69) is 59.2 Å². The van der Waals surface area contributed by atoms with Crippen LogP contribution >= 0.6 is 0 Å². The molecule has 2 aliphatic heterocycles. The van der Waals surface area contributed by atoms with Crippen LogP contribution in [0.15, 0.2) is 48.5 Å².